The summed E-state index contributed by atoms with van der Waals surface area (Å²) in [5, 5.41) is 9.89. The molecule has 1 aromatic carbocycles. The van der Waals surface area contributed by atoms with Crippen LogP contribution in [0.1, 0.15) is 24.2 Å². The lowest BCUT2D eigenvalue weighted by atomic mass is 10.1. The lowest BCUT2D eigenvalue weighted by Gasteiger charge is -2.25. The molecule has 0 saturated carbocycles. The normalized spacial score (nSPS) is 12.2. The minimum atomic E-state index is -0.0526. The van der Waals surface area contributed by atoms with E-state index in [4.69, 9.17) is 5.11 Å². The lowest BCUT2D eigenvalue weighted by Crippen LogP contribution is -2.31. The Labute approximate surface area is 135 Å². The van der Waals surface area contributed by atoms with Gasteiger partial charge in [0.05, 0.1) is 30.3 Å². The molecule has 1 aromatic heterocycles. The van der Waals surface area contributed by atoms with Crippen molar-refractivity contribution in [2.24, 2.45) is 7.05 Å². The second kappa shape index (κ2) is 7.47. The molecule has 118 valence electrons. The van der Waals surface area contributed by atoms with Crippen molar-refractivity contribution in [1.29, 1.82) is 0 Å². The molecule has 1 unspecified atom stereocenters. The van der Waals surface area contributed by atoms with Crippen molar-refractivity contribution in [3.8, 4) is 0 Å². The van der Waals surface area contributed by atoms with Gasteiger partial charge in [-0.15, -0.1) is 0 Å². The van der Waals surface area contributed by atoms with Gasteiger partial charge in [-0.3, -0.25) is 4.79 Å². The van der Waals surface area contributed by atoms with E-state index < -0.39 is 0 Å². The zero-order valence-corrected chi connectivity index (χ0v) is 13.9. The molecule has 0 fully saturated rings. The van der Waals surface area contributed by atoms with Crippen molar-refractivity contribution in [1.82, 2.24) is 14.5 Å². The first-order valence-corrected chi connectivity index (χ1v) is 8.08. The second-order valence-electron chi connectivity index (χ2n) is 5.13. The maximum atomic E-state index is 12.3. The third kappa shape index (κ3) is 3.69. The summed E-state index contributed by atoms with van der Waals surface area (Å²) < 4.78 is 1.80. The van der Waals surface area contributed by atoms with Crippen LogP contribution in [0.2, 0.25) is 0 Å². The van der Waals surface area contributed by atoms with E-state index in [0.29, 0.717) is 5.75 Å². The molecule has 6 heteroatoms. The number of aliphatic hydroxyl groups is 1. The van der Waals surface area contributed by atoms with Gasteiger partial charge in [0, 0.05) is 14.1 Å². The summed E-state index contributed by atoms with van der Waals surface area (Å²) in [6.07, 6.45) is 1.63. The Morgan fingerprint density at radius 3 is 2.68 bits per heavy atom. The summed E-state index contributed by atoms with van der Waals surface area (Å²) in [5.41, 5.74) is 1.85. The van der Waals surface area contributed by atoms with Crippen molar-refractivity contribution in [3.63, 3.8) is 0 Å². The third-order valence-corrected chi connectivity index (χ3v) is 4.81. The number of imidazole rings is 1. The molecule has 0 spiro atoms. The highest BCUT2D eigenvalue weighted by Crippen LogP contribution is 2.22. The summed E-state index contributed by atoms with van der Waals surface area (Å²) in [5.74, 6) is 0.374. The number of rotatable bonds is 6. The molecule has 22 heavy (non-hydrogen) atoms. The van der Waals surface area contributed by atoms with E-state index in [1.54, 1.807) is 15.7 Å². The number of benzene rings is 1. The lowest BCUT2D eigenvalue weighted by molar-refractivity contribution is -0.128. The van der Waals surface area contributed by atoms with Gasteiger partial charge in [-0.25, -0.2) is 4.98 Å². The van der Waals surface area contributed by atoms with Crippen molar-refractivity contribution in [2.75, 3.05) is 12.8 Å². The molecule has 0 aliphatic heterocycles. The van der Waals surface area contributed by atoms with Crippen molar-refractivity contribution >= 4 is 17.7 Å². The first-order chi connectivity index (χ1) is 10.5. The SMILES string of the molecule is CC(c1ccccc1)N(C)C(=O)CSc1ncc(CO)n1C. The Hall–Kier alpha value is -1.79. The molecule has 1 N–H and O–H groups in total. The van der Waals surface area contributed by atoms with Crippen molar-refractivity contribution in [3.05, 3.63) is 47.8 Å². The minimum Gasteiger partial charge on any atom is -0.390 e. The van der Waals surface area contributed by atoms with E-state index in [-0.39, 0.29) is 18.6 Å². The Morgan fingerprint density at radius 2 is 2.09 bits per heavy atom. The van der Waals surface area contributed by atoms with Gasteiger partial charge in [0.15, 0.2) is 5.16 Å². The highest BCUT2D eigenvalue weighted by Gasteiger charge is 2.18. The standard InChI is InChI=1S/C16H21N3O2S/c1-12(13-7-5-4-6-8-13)18(2)15(21)11-22-16-17-9-14(10-20)19(16)3/h4-9,12,20H,10-11H2,1-3H3. The Kier molecular flexibility index (Phi) is 5.63. The number of amides is 1. The van der Waals surface area contributed by atoms with Crippen LogP contribution >= 0.6 is 11.8 Å². The fourth-order valence-corrected chi connectivity index (χ4v) is 3.00. The highest BCUT2D eigenvalue weighted by atomic mass is 32.2. The predicted octanol–water partition coefficient (Wildman–Crippen LogP) is 2.22. The van der Waals surface area contributed by atoms with Gasteiger partial charge in [-0.1, -0.05) is 42.1 Å². The molecule has 0 saturated heterocycles. The van der Waals surface area contributed by atoms with Crippen molar-refractivity contribution in [2.45, 2.75) is 24.7 Å². The summed E-state index contributed by atoms with van der Waals surface area (Å²) in [4.78, 5) is 18.3. The summed E-state index contributed by atoms with van der Waals surface area (Å²) in [6, 6.07) is 9.99. The van der Waals surface area contributed by atoms with Crippen LogP contribution in [0.15, 0.2) is 41.7 Å². The number of thioether (sulfide) groups is 1. The largest absolute Gasteiger partial charge is 0.390 e. The molecule has 0 radical (unpaired) electrons. The molecular weight excluding hydrogens is 298 g/mol. The number of aromatic nitrogens is 2. The van der Waals surface area contributed by atoms with Gasteiger partial charge in [-0.05, 0) is 12.5 Å². The monoisotopic (exact) mass is 319 g/mol. The molecule has 2 rings (SSSR count). The van der Waals surface area contributed by atoms with Crippen LogP contribution in [0.25, 0.3) is 0 Å². The molecule has 1 atom stereocenters. The number of carbonyl (C=O) groups is 1. The Morgan fingerprint density at radius 1 is 1.41 bits per heavy atom. The fourth-order valence-electron chi connectivity index (χ4n) is 2.11. The van der Waals surface area contributed by atoms with E-state index in [1.807, 2.05) is 51.4 Å². The van der Waals surface area contributed by atoms with Gasteiger partial charge in [0.2, 0.25) is 5.91 Å². The summed E-state index contributed by atoms with van der Waals surface area (Å²) in [6.45, 7) is 1.96. The maximum Gasteiger partial charge on any atom is 0.233 e. The summed E-state index contributed by atoms with van der Waals surface area (Å²) in [7, 11) is 3.65. The molecular formula is C16H21N3O2S. The predicted molar refractivity (Wildman–Crippen MR) is 87.5 cm³/mol. The fraction of sp³-hybridized carbons (Fsp3) is 0.375. The number of nitrogens with zero attached hydrogens (tertiary/aromatic N) is 3. The van der Waals surface area contributed by atoms with E-state index in [1.165, 1.54) is 11.8 Å². The van der Waals surface area contributed by atoms with Crippen LogP contribution in [0.3, 0.4) is 0 Å². The van der Waals surface area contributed by atoms with Crippen LogP contribution < -0.4 is 0 Å². The third-order valence-electron chi connectivity index (χ3n) is 3.78. The van der Waals surface area contributed by atoms with Gasteiger partial charge in [0.1, 0.15) is 0 Å². The Bertz CT molecular complexity index is 628. The molecule has 5 nitrogen and oxygen atoms in total. The van der Waals surface area contributed by atoms with Gasteiger partial charge in [0.25, 0.3) is 0 Å². The Balaban J connectivity index is 1.95. The van der Waals surface area contributed by atoms with Crippen LogP contribution in [-0.4, -0.2) is 38.3 Å². The highest BCUT2D eigenvalue weighted by molar-refractivity contribution is 7.99. The van der Waals surface area contributed by atoms with E-state index in [9.17, 15) is 4.79 Å². The van der Waals surface area contributed by atoms with Crippen LogP contribution in [-0.2, 0) is 18.4 Å². The zero-order chi connectivity index (χ0) is 16.1. The molecule has 0 aliphatic carbocycles. The van der Waals surface area contributed by atoms with Gasteiger partial charge >= 0.3 is 0 Å². The number of aliphatic hydroxyl groups excluding tert-OH is 1. The van der Waals surface area contributed by atoms with E-state index in [0.717, 1.165) is 16.4 Å². The molecule has 0 bridgehead atoms. The van der Waals surface area contributed by atoms with Crippen LogP contribution in [0.5, 0.6) is 0 Å². The first-order valence-electron chi connectivity index (χ1n) is 7.09. The maximum absolute atomic E-state index is 12.3. The average molecular weight is 319 g/mol. The molecule has 2 aromatic rings. The number of carbonyl (C=O) groups excluding carboxylic acids is 1. The number of hydrogen-bond acceptors (Lipinski definition) is 4. The second-order valence-corrected chi connectivity index (χ2v) is 6.07. The van der Waals surface area contributed by atoms with Crippen LogP contribution in [0.4, 0.5) is 0 Å². The summed E-state index contributed by atoms with van der Waals surface area (Å²) >= 11 is 1.38. The van der Waals surface area contributed by atoms with E-state index in [2.05, 4.69) is 4.98 Å². The molecule has 0 aliphatic rings. The van der Waals surface area contributed by atoms with Gasteiger partial charge < -0.3 is 14.6 Å². The molecule has 1 heterocycles. The van der Waals surface area contributed by atoms with Crippen molar-refractivity contribution < 1.29 is 9.90 Å². The smallest absolute Gasteiger partial charge is 0.233 e. The number of hydrogen-bond donors (Lipinski definition) is 1. The first kappa shape index (κ1) is 16.6. The zero-order valence-electron chi connectivity index (χ0n) is 13.1. The van der Waals surface area contributed by atoms with Crippen LogP contribution in [0, 0.1) is 0 Å². The molecule has 1 amide bonds. The minimum absolute atomic E-state index is 0.0312. The topological polar surface area (TPSA) is 58.4 Å². The van der Waals surface area contributed by atoms with E-state index >= 15 is 0 Å². The quantitative estimate of drug-likeness (QED) is 0.830. The van der Waals surface area contributed by atoms with Gasteiger partial charge in [-0.2, -0.15) is 0 Å². The average Bonchev–Trinajstić information content (AvgIpc) is 2.92.